The van der Waals surface area contributed by atoms with Gasteiger partial charge in [-0.3, -0.25) is 9.69 Å². The lowest BCUT2D eigenvalue weighted by molar-refractivity contribution is -0.117. The van der Waals surface area contributed by atoms with Crippen LogP contribution in [0.15, 0.2) is 24.3 Å². The monoisotopic (exact) mass is 285 g/mol. The van der Waals surface area contributed by atoms with Crippen molar-refractivity contribution in [2.75, 3.05) is 18.4 Å². The van der Waals surface area contributed by atoms with Gasteiger partial charge in [0.1, 0.15) is 0 Å². The minimum atomic E-state index is 0.0235. The Morgan fingerprint density at radius 2 is 2.05 bits per heavy atom. The molecule has 1 amide bonds. The van der Waals surface area contributed by atoms with Gasteiger partial charge in [0.05, 0.1) is 18.2 Å². The number of rotatable bonds is 7. The van der Waals surface area contributed by atoms with Crippen LogP contribution in [0.4, 0.5) is 5.69 Å². The number of nitriles is 1. The van der Waals surface area contributed by atoms with Gasteiger partial charge < -0.3 is 5.32 Å². The van der Waals surface area contributed by atoms with E-state index in [0.717, 1.165) is 18.7 Å². The molecule has 0 spiro atoms. The van der Waals surface area contributed by atoms with Crippen molar-refractivity contribution in [1.29, 1.82) is 5.26 Å². The van der Waals surface area contributed by atoms with E-state index in [1.807, 2.05) is 0 Å². The Kier molecular flexibility index (Phi) is 5.35. The first-order chi connectivity index (χ1) is 10.1. The maximum atomic E-state index is 12.1. The van der Waals surface area contributed by atoms with Gasteiger partial charge in [0.25, 0.3) is 0 Å². The maximum absolute atomic E-state index is 12.1. The molecule has 2 rings (SSSR count). The molecule has 0 radical (unpaired) electrons. The highest BCUT2D eigenvalue weighted by Gasteiger charge is 2.29. The summed E-state index contributed by atoms with van der Waals surface area (Å²) in [4.78, 5) is 14.4. The molecule has 1 aliphatic carbocycles. The van der Waals surface area contributed by atoms with Crippen LogP contribution in [-0.4, -0.2) is 29.9 Å². The Balaban J connectivity index is 1.85. The lowest BCUT2D eigenvalue weighted by Crippen LogP contribution is -2.36. The van der Waals surface area contributed by atoms with E-state index in [1.165, 1.54) is 12.8 Å². The number of hydrogen-bond donors (Lipinski definition) is 1. The van der Waals surface area contributed by atoms with Gasteiger partial charge in [-0.25, -0.2) is 0 Å². The zero-order valence-corrected chi connectivity index (χ0v) is 12.8. The molecule has 21 heavy (non-hydrogen) atoms. The number of nitrogens with zero attached hydrogens (tertiary/aromatic N) is 2. The van der Waals surface area contributed by atoms with Gasteiger partial charge in [-0.2, -0.15) is 5.26 Å². The van der Waals surface area contributed by atoms with Crippen LogP contribution in [0.3, 0.4) is 0 Å². The minimum Gasteiger partial charge on any atom is -0.325 e. The highest BCUT2D eigenvalue weighted by atomic mass is 16.2. The second-order valence-electron chi connectivity index (χ2n) is 6.12. The van der Waals surface area contributed by atoms with Crippen molar-refractivity contribution in [3.63, 3.8) is 0 Å². The summed E-state index contributed by atoms with van der Waals surface area (Å²) in [5.74, 6) is 0.684. The molecule has 0 atom stereocenters. The fraction of sp³-hybridized carbons (Fsp3) is 0.529. The van der Waals surface area contributed by atoms with Crippen molar-refractivity contribution >= 4 is 11.6 Å². The van der Waals surface area contributed by atoms with Gasteiger partial charge >= 0.3 is 0 Å². The number of carbonyl (C=O) groups is 1. The lowest BCUT2D eigenvalue weighted by atomic mass is 10.1. The first kappa shape index (κ1) is 15.5. The molecule has 0 unspecified atom stereocenters. The first-order valence-electron chi connectivity index (χ1n) is 7.62. The Morgan fingerprint density at radius 3 is 2.57 bits per heavy atom. The fourth-order valence-corrected chi connectivity index (χ4v) is 2.27. The van der Waals surface area contributed by atoms with Crippen LogP contribution in [-0.2, 0) is 4.79 Å². The number of nitrogens with one attached hydrogen (secondary N) is 1. The van der Waals surface area contributed by atoms with Gasteiger partial charge in [-0.05, 0) is 56.0 Å². The van der Waals surface area contributed by atoms with E-state index in [9.17, 15) is 4.79 Å². The van der Waals surface area contributed by atoms with Crippen LogP contribution in [0.5, 0.6) is 0 Å². The third-order valence-electron chi connectivity index (χ3n) is 3.70. The van der Waals surface area contributed by atoms with E-state index in [0.29, 0.717) is 24.1 Å². The highest BCUT2D eigenvalue weighted by Crippen LogP contribution is 2.27. The van der Waals surface area contributed by atoms with E-state index < -0.39 is 0 Å². The van der Waals surface area contributed by atoms with E-state index in [1.54, 1.807) is 24.3 Å². The summed E-state index contributed by atoms with van der Waals surface area (Å²) in [6.07, 6.45) is 3.55. The number of hydrogen-bond acceptors (Lipinski definition) is 3. The van der Waals surface area contributed by atoms with Gasteiger partial charge in [0.2, 0.25) is 5.91 Å². The molecule has 0 aliphatic heterocycles. The summed E-state index contributed by atoms with van der Waals surface area (Å²) in [6, 6.07) is 9.63. The van der Waals surface area contributed by atoms with Crippen molar-refractivity contribution in [2.45, 2.75) is 39.2 Å². The second-order valence-corrected chi connectivity index (χ2v) is 6.12. The minimum absolute atomic E-state index is 0.0235. The molecule has 0 aromatic heterocycles. The number of amides is 1. The fourth-order valence-electron chi connectivity index (χ4n) is 2.27. The third-order valence-corrected chi connectivity index (χ3v) is 3.70. The average Bonchev–Trinajstić information content (AvgIpc) is 3.28. The number of anilines is 1. The summed E-state index contributed by atoms with van der Waals surface area (Å²) < 4.78 is 0. The zero-order chi connectivity index (χ0) is 15.2. The number of carbonyl (C=O) groups excluding carboxylic acids is 1. The van der Waals surface area contributed by atoms with Crippen molar-refractivity contribution in [2.24, 2.45) is 5.92 Å². The zero-order valence-electron chi connectivity index (χ0n) is 12.8. The Morgan fingerprint density at radius 1 is 1.38 bits per heavy atom. The molecule has 1 aromatic carbocycles. The normalized spacial score (nSPS) is 14.2. The molecule has 4 nitrogen and oxygen atoms in total. The molecule has 1 N–H and O–H groups in total. The van der Waals surface area contributed by atoms with Crippen LogP contribution >= 0.6 is 0 Å². The third kappa shape index (κ3) is 5.20. The van der Waals surface area contributed by atoms with Crippen LogP contribution in [0.1, 0.15) is 38.7 Å². The maximum Gasteiger partial charge on any atom is 0.238 e. The van der Waals surface area contributed by atoms with E-state index in [4.69, 9.17) is 5.26 Å². The summed E-state index contributed by atoms with van der Waals surface area (Å²) in [5, 5.41) is 11.7. The summed E-state index contributed by atoms with van der Waals surface area (Å²) in [7, 11) is 0. The predicted octanol–water partition coefficient (Wildman–Crippen LogP) is 3.01. The average molecular weight is 285 g/mol. The Hall–Kier alpha value is -1.86. The molecular weight excluding hydrogens is 262 g/mol. The molecule has 1 saturated carbocycles. The molecule has 112 valence electrons. The van der Waals surface area contributed by atoms with Crippen molar-refractivity contribution in [1.82, 2.24) is 4.90 Å². The standard InChI is InChI=1S/C17H23N3O/c1-13(2)9-10-20(16-7-8-16)12-17(21)19-15-5-3-14(11-18)4-6-15/h3-6,13,16H,7-10,12H2,1-2H3,(H,19,21). The molecule has 0 bridgehead atoms. The molecule has 1 fully saturated rings. The van der Waals surface area contributed by atoms with Crippen LogP contribution < -0.4 is 5.32 Å². The predicted molar refractivity (Wildman–Crippen MR) is 83.8 cm³/mol. The van der Waals surface area contributed by atoms with Gasteiger partial charge in [0, 0.05) is 11.7 Å². The van der Waals surface area contributed by atoms with Gasteiger partial charge in [0.15, 0.2) is 0 Å². The smallest absolute Gasteiger partial charge is 0.238 e. The first-order valence-corrected chi connectivity index (χ1v) is 7.62. The second kappa shape index (κ2) is 7.24. The summed E-state index contributed by atoms with van der Waals surface area (Å²) in [6.45, 7) is 5.87. The van der Waals surface area contributed by atoms with E-state index >= 15 is 0 Å². The summed E-state index contributed by atoms with van der Waals surface area (Å²) in [5.41, 5.74) is 1.35. The van der Waals surface area contributed by atoms with Crippen molar-refractivity contribution < 1.29 is 4.79 Å². The van der Waals surface area contributed by atoms with Crippen molar-refractivity contribution in [3.8, 4) is 6.07 Å². The topological polar surface area (TPSA) is 56.1 Å². The highest BCUT2D eigenvalue weighted by molar-refractivity contribution is 5.92. The van der Waals surface area contributed by atoms with E-state index in [-0.39, 0.29) is 5.91 Å². The van der Waals surface area contributed by atoms with Crippen molar-refractivity contribution in [3.05, 3.63) is 29.8 Å². The molecule has 1 aromatic rings. The Labute approximate surface area is 126 Å². The van der Waals surface area contributed by atoms with Gasteiger partial charge in [-0.15, -0.1) is 0 Å². The molecule has 0 heterocycles. The summed E-state index contributed by atoms with van der Waals surface area (Å²) >= 11 is 0. The quantitative estimate of drug-likeness (QED) is 0.838. The molecule has 0 saturated heterocycles. The van der Waals surface area contributed by atoms with Crippen LogP contribution in [0.25, 0.3) is 0 Å². The van der Waals surface area contributed by atoms with Crippen LogP contribution in [0.2, 0.25) is 0 Å². The van der Waals surface area contributed by atoms with Gasteiger partial charge in [-0.1, -0.05) is 13.8 Å². The molecular formula is C17H23N3O. The SMILES string of the molecule is CC(C)CCN(CC(=O)Nc1ccc(C#N)cc1)C1CC1. The largest absolute Gasteiger partial charge is 0.325 e. The molecule has 4 heteroatoms. The lowest BCUT2D eigenvalue weighted by Gasteiger charge is -2.22. The Bertz CT molecular complexity index is 512. The number of benzene rings is 1. The van der Waals surface area contributed by atoms with Crippen LogP contribution in [0, 0.1) is 17.2 Å². The van der Waals surface area contributed by atoms with E-state index in [2.05, 4.69) is 30.1 Å². The molecule has 1 aliphatic rings.